The second kappa shape index (κ2) is 32.9. The van der Waals surface area contributed by atoms with Crippen molar-refractivity contribution in [1.82, 2.24) is 0 Å². The van der Waals surface area contributed by atoms with Crippen molar-refractivity contribution in [2.45, 2.75) is 198 Å². The molecule has 0 aromatic rings. The van der Waals surface area contributed by atoms with Gasteiger partial charge in [0.15, 0.2) is 12.4 Å². The molecule has 0 saturated carbocycles. The van der Waals surface area contributed by atoms with E-state index < -0.39 is 71.2 Å². The van der Waals surface area contributed by atoms with Crippen LogP contribution < -0.4 is 0 Å². The Morgan fingerprint density at radius 2 is 1.09 bits per heavy atom. The first-order valence-electron chi connectivity index (χ1n) is 21.0. The summed E-state index contributed by atoms with van der Waals surface area (Å²) in [5.41, 5.74) is 0. The summed E-state index contributed by atoms with van der Waals surface area (Å²) in [6, 6.07) is 0. The first-order valence-corrected chi connectivity index (χ1v) is 22.7. The molecule has 6 atom stereocenters. The molecule has 1 saturated heterocycles. The molecule has 1 fully saturated rings. The number of carbonyl (C=O) groups is 2. The first kappa shape index (κ1) is 50.9. The zero-order valence-corrected chi connectivity index (χ0v) is 34.6. The van der Waals surface area contributed by atoms with E-state index in [0.29, 0.717) is 12.8 Å². The van der Waals surface area contributed by atoms with Crippen LogP contribution in [0.1, 0.15) is 162 Å². The minimum atomic E-state index is -4.60. The molecule has 12 nitrogen and oxygen atoms in total. The Kier molecular flexibility index (Phi) is 30.4. The molecule has 1 heterocycles. The molecule has 0 aromatic heterocycles. The van der Waals surface area contributed by atoms with Gasteiger partial charge in [0.1, 0.15) is 36.8 Å². The lowest BCUT2D eigenvalue weighted by Gasteiger charge is -2.40. The van der Waals surface area contributed by atoms with Crippen LogP contribution in [0.15, 0.2) is 36.5 Å². The average Bonchev–Trinajstić information content (AvgIpc) is 3.14. The van der Waals surface area contributed by atoms with Crippen molar-refractivity contribution in [3.8, 4) is 0 Å². The van der Waals surface area contributed by atoms with E-state index in [4.69, 9.17) is 18.9 Å². The van der Waals surface area contributed by atoms with Gasteiger partial charge >= 0.3 is 11.9 Å². The normalized spacial score (nSPS) is 21.2. The van der Waals surface area contributed by atoms with E-state index in [1.54, 1.807) is 0 Å². The van der Waals surface area contributed by atoms with Crippen molar-refractivity contribution in [2.75, 3.05) is 19.0 Å². The van der Waals surface area contributed by atoms with E-state index in [1.165, 1.54) is 70.6 Å². The van der Waals surface area contributed by atoms with Crippen molar-refractivity contribution in [2.24, 2.45) is 0 Å². The van der Waals surface area contributed by atoms with Crippen molar-refractivity contribution in [3.63, 3.8) is 0 Å². The smallest absolute Gasteiger partial charge is 0.306 e. The molecule has 320 valence electrons. The highest BCUT2D eigenvalue weighted by Crippen LogP contribution is 2.24. The third kappa shape index (κ3) is 28.0. The van der Waals surface area contributed by atoms with E-state index in [2.05, 4.69) is 50.3 Å². The fourth-order valence-electron chi connectivity index (χ4n) is 6.15. The predicted molar refractivity (Wildman–Crippen MR) is 215 cm³/mol. The van der Waals surface area contributed by atoms with Gasteiger partial charge in [0, 0.05) is 12.8 Å². The first-order chi connectivity index (χ1) is 26.5. The Labute approximate surface area is 331 Å². The number of rotatable bonds is 34. The monoisotopic (exact) mass is 802 g/mol. The molecule has 0 aliphatic carbocycles. The number of unbranched alkanes of at least 4 members (excludes halogenated alkanes) is 16. The van der Waals surface area contributed by atoms with E-state index in [-0.39, 0.29) is 19.4 Å². The summed E-state index contributed by atoms with van der Waals surface area (Å²) in [6.45, 7) is 3.68. The molecule has 4 N–H and O–H groups in total. The molecular weight excluding hydrogens is 729 g/mol. The molecule has 0 aromatic carbocycles. The predicted octanol–water partition coefficient (Wildman–Crippen LogP) is 7.83. The molecule has 0 amide bonds. The van der Waals surface area contributed by atoms with Gasteiger partial charge in [-0.15, -0.1) is 0 Å². The highest BCUT2D eigenvalue weighted by atomic mass is 32.2. The van der Waals surface area contributed by atoms with Crippen LogP contribution in [-0.4, -0.2) is 96.0 Å². The van der Waals surface area contributed by atoms with Crippen LogP contribution in [-0.2, 0) is 38.7 Å². The molecule has 0 radical (unpaired) electrons. The minimum Gasteiger partial charge on any atom is -0.462 e. The van der Waals surface area contributed by atoms with E-state index in [9.17, 15) is 37.9 Å². The lowest BCUT2D eigenvalue weighted by Crippen LogP contribution is -2.60. The van der Waals surface area contributed by atoms with Crippen LogP contribution in [0, 0.1) is 0 Å². The summed E-state index contributed by atoms with van der Waals surface area (Å²) in [5, 5.41) is 30.8. The van der Waals surface area contributed by atoms with Gasteiger partial charge in [-0.25, -0.2) is 0 Å². The van der Waals surface area contributed by atoms with Gasteiger partial charge in [-0.3, -0.25) is 14.1 Å². The van der Waals surface area contributed by atoms with Gasteiger partial charge in [0.25, 0.3) is 10.1 Å². The number of hydrogen-bond acceptors (Lipinski definition) is 11. The van der Waals surface area contributed by atoms with Gasteiger partial charge in [0.2, 0.25) is 0 Å². The number of carbonyl (C=O) groups excluding carboxylic acids is 2. The van der Waals surface area contributed by atoms with Gasteiger partial charge in [0.05, 0.1) is 6.61 Å². The Morgan fingerprint density at radius 1 is 0.618 bits per heavy atom. The van der Waals surface area contributed by atoms with Crippen molar-refractivity contribution in [1.29, 1.82) is 0 Å². The van der Waals surface area contributed by atoms with Gasteiger partial charge in [-0.1, -0.05) is 134 Å². The third-order valence-corrected chi connectivity index (χ3v) is 10.2. The summed E-state index contributed by atoms with van der Waals surface area (Å²) >= 11 is 0. The van der Waals surface area contributed by atoms with Crippen LogP contribution in [0.5, 0.6) is 0 Å². The third-order valence-electron chi connectivity index (χ3n) is 9.47. The van der Waals surface area contributed by atoms with E-state index >= 15 is 0 Å². The highest BCUT2D eigenvalue weighted by Gasteiger charge is 2.46. The standard InChI is InChI=1S/C42H74O12S/c1-3-5-7-9-11-13-15-17-18-19-21-23-25-27-29-31-38(44)53-35(33-52-42-41(47)40(46)39(45)36(54-42)34-55(48,49)50)32-51-37(43)30-28-26-24-22-20-16-14-12-10-8-6-4-2/h11,13,17-18,21,23,35-36,39-42,45-47H,3-10,12,14-16,19-20,22,24-34H2,1-2H3,(H,48,49,50)/b13-11+,18-17+,23-21+/t35-,36-,39-,40?,41?,42+/m1/s1. The number of aliphatic hydroxyl groups is 3. The Morgan fingerprint density at radius 3 is 1.65 bits per heavy atom. The van der Waals surface area contributed by atoms with Crippen LogP contribution in [0.2, 0.25) is 0 Å². The summed E-state index contributed by atoms with van der Waals surface area (Å²) < 4.78 is 53.9. The van der Waals surface area contributed by atoms with Crippen molar-refractivity contribution < 1.29 is 56.8 Å². The molecule has 13 heteroatoms. The molecule has 1 aliphatic rings. The van der Waals surface area contributed by atoms with Crippen molar-refractivity contribution >= 4 is 22.1 Å². The summed E-state index contributed by atoms with van der Waals surface area (Å²) in [5.74, 6) is -2.03. The van der Waals surface area contributed by atoms with Gasteiger partial charge in [-0.05, 0) is 51.4 Å². The summed E-state index contributed by atoms with van der Waals surface area (Å²) in [4.78, 5) is 25.3. The number of ether oxygens (including phenoxy) is 4. The van der Waals surface area contributed by atoms with Gasteiger partial charge < -0.3 is 34.3 Å². The summed E-state index contributed by atoms with van der Waals surface area (Å²) in [6.07, 6.45) is 26.3. The molecule has 0 spiro atoms. The SMILES string of the molecule is CCCCC/C=C/C/C=C/C/C=C/CCCCC(=O)O[C@H](COC(=O)CCCCCCCCCCCCCC)CO[C@H]1O[C@H](CS(=O)(=O)O)[C@@H](O)C(O)C1O. The van der Waals surface area contributed by atoms with E-state index in [1.807, 2.05) is 0 Å². The van der Waals surface area contributed by atoms with Crippen LogP contribution in [0.4, 0.5) is 0 Å². The van der Waals surface area contributed by atoms with Gasteiger partial charge in [-0.2, -0.15) is 8.42 Å². The molecule has 2 unspecified atom stereocenters. The zero-order valence-electron chi connectivity index (χ0n) is 33.8. The maximum absolute atomic E-state index is 12.7. The number of hydrogen-bond donors (Lipinski definition) is 4. The minimum absolute atomic E-state index is 0.117. The Bertz CT molecular complexity index is 1170. The topological polar surface area (TPSA) is 186 Å². The van der Waals surface area contributed by atoms with Crippen LogP contribution >= 0.6 is 0 Å². The lowest BCUT2D eigenvalue weighted by molar-refractivity contribution is -0.297. The van der Waals surface area contributed by atoms with Crippen molar-refractivity contribution in [3.05, 3.63) is 36.5 Å². The fourth-order valence-corrected chi connectivity index (χ4v) is 6.84. The Balaban J connectivity index is 2.52. The van der Waals surface area contributed by atoms with E-state index in [0.717, 1.165) is 51.4 Å². The van der Waals surface area contributed by atoms with Crippen LogP contribution in [0.25, 0.3) is 0 Å². The largest absolute Gasteiger partial charge is 0.462 e. The molecule has 0 bridgehead atoms. The highest BCUT2D eigenvalue weighted by molar-refractivity contribution is 7.85. The summed E-state index contributed by atoms with van der Waals surface area (Å²) in [7, 11) is -4.60. The maximum atomic E-state index is 12.7. The van der Waals surface area contributed by atoms with Crippen LogP contribution in [0.3, 0.4) is 0 Å². The molecular formula is C42H74O12S. The molecule has 1 rings (SSSR count). The fraction of sp³-hybridized carbons (Fsp3) is 0.810. The maximum Gasteiger partial charge on any atom is 0.306 e. The number of aliphatic hydroxyl groups excluding tert-OH is 3. The average molecular weight is 803 g/mol. The molecule has 1 aliphatic heterocycles. The quantitative estimate of drug-likeness (QED) is 0.0214. The number of allylic oxidation sites excluding steroid dienone is 6. The zero-order chi connectivity index (χ0) is 40.6. The lowest BCUT2D eigenvalue weighted by atomic mass is 10.00. The second-order valence-corrected chi connectivity index (χ2v) is 16.2. The number of esters is 2. The Hall–Kier alpha value is -2.13. The molecule has 55 heavy (non-hydrogen) atoms. The second-order valence-electron chi connectivity index (χ2n) is 14.7.